The first kappa shape index (κ1) is 13.8. The van der Waals surface area contributed by atoms with Gasteiger partial charge in [-0.25, -0.2) is 9.50 Å². The molecule has 0 fully saturated rings. The van der Waals surface area contributed by atoms with E-state index in [2.05, 4.69) is 56.1 Å². The Morgan fingerprint density at radius 1 is 1.10 bits per heavy atom. The van der Waals surface area contributed by atoms with E-state index in [4.69, 9.17) is 5.10 Å². The Balaban J connectivity index is 2.11. The van der Waals surface area contributed by atoms with E-state index in [1.165, 1.54) is 17.7 Å². The summed E-state index contributed by atoms with van der Waals surface area (Å²) in [5.41, 5.74) is 5.55. The molecule has 0 atom stereocenters. The van der Waals surface area contributed by atoms with Crippen LogP contribution in [0.1, 0.15) is 31.7 Å². The average molecular weight is 279 g/mol. The predicted octanol–water partition coefficient (Wildman–Crippen LogP) is 4.29. The van der Waals surface area contributed by atoms with Crippen molar-refractivity contribution >= 4 is 5.65 Å². The van der Waals surface area contributed by atoms with Gasteiger partial charge >= 0.3 is 0 Å². The summed E-state index contributed by atoms with van der Waals surface area (Å²) in [4.78, 5) is 4.57. The van der Waals surface area contributed by atoms with Crippen molar-refractivity contribution in [2.24, 2.45) is 5.92 Å². The highest BCUT2D eigenvalue weighted by Gasteiger charge is 2.14. The molecule has 3 rings (SSSR count). The van der Waals surface area contributed by atoms with Gasteiger partial charge in [0.2, 0.25) is 0 Å². The van der Waals surface area contributed by atoms with E-state index < -0.39 is 0 Å². The molecule has 0 aliphatic heterocycles. The Kier molecular flexibility index (Phi) is 3.74. The average Bonchev–Trinajstić information content (AvgIpc) is 2.82. The largest absolute Gasteiger partial charge is 0.236 e. The van der Waals surface area contributed by atoms with Gasteiger partial charge in [-0.3, -0.25) is 0 Å². The van der Waals surface area contributed by atoms with Gasteiger partial charge in [0.25, 0.3) is 0 Å². The van der Waals surface area contributed by atoms with E-state index in [0.717, 1.165) is 23.3 Å². The lowest BCUT2D eigenvalue weighted by Gasteiger charge is -2.07. The molecule has 0 unspecified atom stereocenters. The number of rotatable bonds is 4. The van der Waals surface area contributed by atoms with E-state index in [1.54, 1.807) is 0 Å². The summed E-state index contributed by atoms with van der Waals surface area (Å²) in [7, 11) is 0. The van der Waals surface area contributed by atoms with E-state index >= 15 is 0 Å². The fraction of sp³-hybridized carbons (Fsp3) is 0.333. The first-order valence-corrected chi connectivity index (χ1v) is 7.55. The highest BCUT2D eigenvalue weighted by molar-refractivity contribution is 5.79. The van der Waals surface area contributed by atoms with Crippen molar-refractivity contribution in [3.8, 4) is 11.1 Å². The Bertz CT molecular complexity index is 742. The van der Waals surface area contributed by atoms with Crippen LogP contribution in [-0.4, -0.2) is 14.6 Å². The van der Waals surface area contributed by atoms with E-state index in [-0.39, 0.29) is 0 Å². The van der Waals surface area contributed by atoms with Crippen LogP contribution >= 0.6 is 0 Å². The molecule has 108 valence electrons. The van der Waals surface area contributed by atoms with Crippen LogP contribution < -0.4 is 0 Å². The number of aromatic nitrogens is 3. The van der Waals surface area contributed by atoms with Crippen molar-refractivity contribution in [2.45, 2.75) is 33.6 Å². The van der Waals surface area contributed by atoms with Crippen LogP contribution in [0.4, 0.5) is 0 Å². The van der Waals surface area contributed by atoms with E-state index in [9.17, 15) is 0 Å². The highest BCUT2D eigenvalue weighted by Crippen LogP contribution is 2.27. The molecule has 0 saturated heterocycles. The summed E-state index contributed by atoms with van der Waals surface area (Å²) < 4.78 is 2.01. The molecule has 0 amide bonds. The van der Waals surface area contributed by atoms with Crippen LogP contribution in [-0.2, 0) is 6.42 Å². The van der Waals surface area contributed by atoms with Gasteiger partial charge in [-0.05, 0) is 37.3 Å². The molecular formula is C18H21N3. The second kappa shape index (κ2) is 5.68. The molecule has 3 aromatic rings. The maximum Gasteiger partial charge on any atom is 0.163 e. The monoisotopic (exact) mass is 279 g/mol. The van der Waals surface area contributed by atoms with Crippen molar-refractivity contribution in [1.29, 1.82) is 0 Å². The lowest BCUT2D eigenvalue weighted by atomic mass is 10.1. The fourth-order valence-corrected chi connectivity index (χ4v) is 2.67. The Morgan fingerprint density at radius 2 is 1.86 bits per heavy atom. The number of benzene rings is 1. The molecule has 2 aromatic heterocycles. The Morgan fingerprint density at radius 3 is 2.57 bits per heavy atom. The van der Waals surface area contributed by atoms with Gasteiger partial charge in [-0.15, -0.1) is 0 Å². The number of hydrogen-bond acceptors (Lipinski definition) is 2. The van der Waals surface area contributed by atoms with Gasteiger partial charge in [-0.1, -0.05) is 44.2 Å². The van der Waals surface area contributed by atoms with Crippen LogP contribution in [0.15, 0.2) is 42.6 Å². The normalized spacial score (nSPS) is 11.4. The zero-order valence-electron chi connectivity index (χ0n) is 12.9. The van der Waals surface area contributed by atoms with E-state index in [0.29, 0.717) is 5.92 Å². The minimum Gasteiger partial charge on any atom is -0.236 e. The molecule has 0 bridgehead atoms. The smallest absolute Gasteiger partial charge is 0.163 e. The molecule has 2 heterocycles. The van der Waals surface area contributed by atoms with Gasteiger partial charge < -0.3 is 0 Å². The topological polar surface area (TPSA) is 30.2 Å². The maximum absolute atomic E-state index is 4.72. The lowest BCUT2D eigenvalue weighted by molar-refractivity contribution is 0.574. The molecule has 0 N–H and O–H groups in total. The summed E-state index contributed by atoms with van der Waals surface area (Å²) >= 11 is 0. The van der Waals surface area contributed by atoms with Crippen molar-refractivity contribution in [3.05, 3.63) is 54.0 Å². The summed E-state index contributed by atoms with van der Waals surface area (Å²) in [6.07, 6.45) is 4.10. The van der Waals surface area contributed by atoms with Crippen LogP contribution in [0, 0.1) is 12.8 Å². The summed E-state index contributed by atoms with van der Waals surface area (Å²) in [6, 6.07) is 12.5. The minimum atomic E-state index is 0.693. The van der Waals surface area contributed by atoms with Gasteiger partial charge in [0, 0.05) is 17.5 Å². The third-order valence-corrected chi connectivity index (χ3v) is 3.81. The molecule has 0 saturated carbocycles. The first-order chi connectivity index (χ1) is 10.2. The standard InChI is InChI=1S/C18H21N3/c1-13(2)9-10-16-11-12-19-18-17(14(3)20-21(16)18)15-7-5-4-6-8-15/h4-8,11-13H,9-10H2,1-3H3. The van der Waals surface area contributed by atoms with Crippen molar-refractivity contribution < 1.29 is 0 Å². The molecular weight excluding hydrogens is 258 g/mol. The summed E-state index contributed by atoms with van der Waals surface area (Å²) in [5.74, 6) is 0.693. The second-order valence-electron chi connectivity index (χ2n) is 5.93. The summed E-state index contributed by atoms with van der Waals surface area (Å²) in [6.45, 7) is 6.56. The van der Waals surface area contributed by atoms with Gasteiger partial charge in [0.1, 0.15) is 0 Å². The molecule has 0 spiro atoms. The zero-order valence-corrected chi connectivity index (χ0v) is 12.9. The third kappa shape index (κ3) is 2.68. The molecule has 0 aliphatic rings. The van der Waals surface area contributed by atoms with Crippen LogP contribution in [0.3, 0.4) is 0 Å². The molecule has 21 heavy (non-hydrogen) atoms. The van der Waals surface area contributed by atoms with Crippen LogP contribution in [0.5, 0.6) is 0 Å². The first-order valence-electron chi connectivity index (χ1n) is 7.55. The molecule has 1 aromatic carbocycles. The predicted molar refractivity (Wildman–Crippen MR) is 86.3 cm³/mol. The SMILES string of the molecule is Cc1nn2c(CCC(C)C)ccnc2c1-c1ccccc1. The second-order valence-corrected chi connectivity index (χ2v) is 5.93. The molecule has 0 radical (unpaired) electrons. The van der Waals surface area contributed by atoms with Crippen molar-refractivity contribution in [3.63, 3.8) is 0 Å². The van der Waals surface area contributed by atoms with Crippen LogP contribution in [0.25, 0.3) is 16.8 Å². The zero-order chi connectivity index (χ0) is 14.8. The van der Waals surface area contributed by atoms with E-state index in [1.807, 2.05) is 16.8 Å². The third-order valence-electron chi connectivity index (χ3n) is 3.81. The number of aryl methyl sites for hydroxylation is 2. The number of nitrogens with zero attached hydrogens (tertiary/aromatic N) is 3. The molecule has 3 heteroatoms. The fourth-order valence-electron chi connectivity index (χ4n) is 2.67. The number of fused-ring (bicyclic) bond motifs is 1. The quantitative estimate of drug-likeness (QED) is 0.713. The van der Waals surface area contributed by atoms with Crippen molar-refractivity contribution in [1.82, 2.24) is 14.6 Å². The Labute approximate surface area is 125 Å². The number of hydrogen-bond donors (Lipinski definition) is 0. The van der Waals surface area contributed by atoms with Gasteiger partial charge in [0.15, 0.2) is 5.65 Å². The Hall–Kier alpha value is -2.16. The van der Waals surface area contributed by atoms with Gasteiger partial charge in [-0.2, -0.15) is 5.10 Å². The lowest BCUT2D eigenvalue weighted by Crippen LogP contribution is -2.02. The maximum atomic E-state index is 4.72. The minimum absolute atomic E-state index is 0.693. The van der Waals surface area contributed by atoms with Crippen LogP contribution in [0.2, 0.25) is 0 Å². The van der Waals surface area contributed by atoms with Gasteiger partial charge in [0.05, 0.1) is 5.69 Å². The van der Waals surface area contributed by atoms with Crippen molar-refractivity contribution in [2.75, 3.05) is 0 Å². The molecule has 0 aliphatic carbocycles. The highest BCUT2D eigenvalue weighted by atomic mass is 15.3. The summed E-state index contributed by atoms with van der Waals surface area (Å²) in [5, 5.41) is 4.72. The molecule has 3 nitrogen and oxygen atoms in total.